The van der Waals surface area contributed by atoms with E-state index < -0.39 is 6.04 Å². The average Bonchev–Trinajstić information content (AvgIpc) is 2.88. The topological polar surface area (TPSA) is 87.5 Å². The molecule has 7 heteroatoms. The van der Waals surface area contributed by atoms with Crippen LogP contribution in [0.2, 0.25) is 0 Å². The Labute approximate surface area is 138 Å². The Hall–Kier alpha value is -1.21. The number of hydrogen-bond acceptors (Lipinski definition) is 4. The Morgan fingerprint density at radius 2 is 2.05 bits per heavy atom. The molecule has 1 aliphatic heterocycles. The summed E-state index contributed by atoms with van der Waals surface area (Å²) in [6.07, 6.45) is 1.86. The predicted molar refractivity (Wildman–Crippen MR) is 91.4 cm³/mol. The molecule has 0 aliphatic carbocycles. The van der Waals surface area contributed by atoms with Crippen LogP contribution >= 0.6 is 12.2 Å². The van der Waals surface area contributed by atoms with E-state index in [1.54, 1.807) is 0 Å². The zero-order valence-corrected chi connectivity index (χ0v) is 14.8. The molecule has 0 aromatic heterocycles. The van der Waals surface area contributed by atoms with Crippen LogP contribution in [0.4, 0.5) is 0 Å². The van der Waals surface area contributed by atoms with Crippen LogP contribution in [0.1, 0.15) is 40.5 Å². The van der Waals surface area contributed by atoms with Crippen molar-refractivity contribution in [2.45, 2.75) is 52.6 Å². The summed E-state index contributed by atoms with van der Waals surface area (Å²) in [6.45, 7) is 8.93. The fourth-order valence-electron chi connectivity index (χ4n) is 2.63. The molecule has 0 aromatic rings. The lowest BCUT2D eigenvalue weighted by atomic mass is 9.85. The Morgan fingerprint density at radius 3 is 2.55 bits per heavy atom. The highest BCUT2D eigenvalue weighted by Gasteiger charge is 2.38. The maximum Gasteiger partial charge on any atom is 0.245 e. The highest BCUT2D eigenvalue weighted by Crippen LogP contribution is 2.25. The normalized spacial score (nSPS) is 19.7. The van der Waals surface area contributed by atoms with E-state index in [1.807, 2.05) is 25.7 Å². The molecule has 0 radical (unpaired) electrons. The molecule has 6 nitrogen and oxygen atoms in total. The number of thiocarbonyl (C=S) groups is 1. The smallest absolute Gasteiger partial charge is 0.245 e. The first-order chi connectivity index (χ1) is 10.2. The monoisotopic (exact) mass is 328 g/mol. The zero-order chi connectivity index (χ0) is 16.9. The van der Waals surface area contributed by atoms with Crippen molar-refractivity contribution in [2.24, 2.45) is 11.1 Å². The number of rotatable bonds is 5. The van der Waals surface area contributed by atoms with Crippen LogP contribution < -0.4 is 16.4 Å². The minimum absolute atomic E-state index is 0.0242. The van der Waals surface area contributed by atoms with Crippen LogP contribution in [0, 0.1) is 5.41 Å². The second-order valence-electron chi connectivity index (χ2n) is 6.84. The molecule has 0 aromatic carbocycles. The fourth-order valence-corrected chi connectivity index (χ4v) is 2.75. The number of nitrogens with two attached hydrogens (primary N) is 1. The zero-order valence-electron chi connectivity index (χ0n) is 13.9. The Kier molecular flexibility index (Phi) is 6.74. The van der Waals surface area contributed by atoms with E-state index in [0.29, 0.717) is 18.1 Å². The van der Waals surface area contributed by atoms with Crippen molar-refractivity contribution in [3.8, 4) is 0 Å². The van der Waals surface area contributed by atoms with E-state index in [4.69, 9.17) is 18.0 Å². The Morgan fingerprint density at radius 1 is 1.41 bits per heavy atom. The first-order valence-electron chi connectivity index (χ1n) is 7.71. The standard InChI is InChI=1S/C15H28N4O2S/c1-10(20)17-9-11-6-5-7-19(11)14(21)13(15(2,3)4)18-12(22)8-16/h11,13H,5-9,16H2,1-4H3,(H,17,20)(H,18,22)/t11?,13-/m1/s1. The highest BCUT2D eigenvalue weighted by atomic mass is 32.1. The van der Waals surface area contributed by atoms with Gasteiger partial charge in [0.25, 0.3) is 0 Å². The van der Waals surface area contributed by atoms with Gasteiger partial charge < -0.3 is 21.3 Å². The van der Waals surface area contributed by atoms with Gasteiger partial charge in [-0.3, -0.25) is 9.59 Å². The fraction of sp³-hybridized carbons (Fsp3) is 0.800. The van der Waals surface area contributed by atoms with Crippen molar-refractivity contribution in [1.29, 1.82) is 0 Å². The molecular weight excluding hydrogens is 300 g/mol. The lowest BCUT2D eigenvalue weighted by molar-refractivity contribution is -0.136. The number of likely N-dealkylation sites (tertiary alicyclic amines) is 1. The molecule has 1 saturated heterocycles. The van der Waals surface area contributed by atoms with Crippen molar-refractivity contribution in [2.75, 3.05) is 19.6 Å². The number of carbonyl (C=O) groups excluding carboxylic acids is 2. The highest BCUT2D eigenvalue weighted by molar-refractivity contribution is 7.80. The maximum absolute atomic E-state index is 12.9. The summed E-state index contributed by atoms with van der Waals surface area (Å²) in [6, 6.07) is -0.365. The van der Waals surface area contributed by atoms with Gasteiger partial charge in [0, 0.05) is 32.6 Å². The summed E-state index contributed by atoms with van der Waals surface area (Å²) in [7, 11) is 0. The van der Waals surface area contributed by atoms with E-state index >= 15 is 0 Å². The minimum atomic E-state index is -0.415. The quantitative estimate of drug-likeness (QED) is 0.636. The lowest BCUT2D eigenvalue weighted by Crippen LogP contribution is -2.57. The maximum atomic E-state index is 12.9. The van der Waals surface area contributed by atoms with Gasteiger partial charge in [0.1, 0.15) is 6.04 Å². The van der Waals surface area contributed by atoms with Gasteiger partial charge in [-0.25, -0.2) is 0 Å². The Balaban J connectivity index is 2.83. The lowest BCUT2D eigenvalue weighted by Gasteiger charge is -2.36. The largest absolute Gasteiger partial charge is 0.367 e. The van der Waals surface area contributed by atoms with Crippen molar-refractivity contribution >= 4 is 29.0 Å². The third kappa shape index (κ3) is 5.21. The number of nitrogens with one attached hydrogen (secondary N) is 2. The Bertz CT molecular complexity index is 434. The van der Waals surface area contributed by atoms with Crippen LogP contribution in [-0.4, -0.2) is 53.4 Å². The molecule has 0 bridgehead atoms. The molecule has 1 unspecified atom stereocenters. The summed E-state index contributed by atoms with van der Waals surface area (Å²) >= 11 is 5.15. The van der Waals surface area contributed by atoms with Gasteiger partial charge in [-0.1, -0.05) is 33.0 Å². The van der Waals surface area contributed by atoms with E-state index in [9.17, 15) is 9.59 Å². The minimum Gasteiger partial charge on any atom is -0.367 e. The first kappa shape index (κ1) is 18.8. The summed E-state index contributed by atoms with van der Waals surface area (Å²) in [5, 5.41) is 5.90. The van der Waals surface area contributed by atoms with E-state index in [2.05, 4.69) is 10.6 Å². The van der Waals surface area contributed by atoms with Gasteiger partial charge in [0.05, 0.1) is 4.99 Å². The molecule has 4 N–H and O–H groups in total. The van der Waals surface area contributed by atoms with Gasteiger partial charge in [0.15, 0.2) is 0 Å². The van der Waals surface area contributed by atoms with Crippen molar-refractivity contribution in [1.82, 2.24) is 15.5 Å². The molecule has 1 heterocycles. The van der Waals surface area contributed by atoms with E-state index in [0.717, 1.165) is 12.8 Å². The molecular formula is C15H28N4O2S. The third-order valence-electron chi connectivity index (χ3n) is 3.85. The third-order valence-corrected chi connectivity index (χ3v) is 4.14. The molecule has 1 rings (SSSR count). The summed E-state index contributed by atoms with van der Waals surface area (Å²) in [5.74, 6) is -0.0507. The van der Waals surface area contributed by atoms with Gasteiger partial charge in [-0.05, 0) is 18.3 Å². The average molecular weight is 328 g/mol. The van der Waals surface area contributed by atoms with Crippen molar-refractivity contribution < 1.29 is 9.59 Å². The van der Waals surface area contributed by atoms with Crippen LogP contribution in [0.15, 0.2) is 0 Å². The second-order valence-corrected chi connectivity index (χ2v) is 7.33. The SMILES string of the molecule is CC(=O)NCC1CCCN1C(=O)[C@@H](NC(=S)CN)C(C)(C)C. The summed E-state index contributed by atoms with van der Waals surface area (Å²) < 4.78 is 0. The van der Waals surface area contributed by atoms with E-state index in [-0.39, 0.29) is 29.8 Å². The van der Waals surface area contributed by atoms with Gasteiger partial charge in [-0.2, -0.15) is 0 Å². The van der Waals surface area contributed by atoms with Crippen LogP contribution in [0.25, 0.3) is 0 Å². The summed E-state index contributed by atoms with van der Waals surface area (Å²) in [4.78, 5) is 26.4. The molecule has 0 saturated carbocycles. The van der Waals surface area contributed by atoms with Gasteiger partial charge in [-0.15, -0.1) is 0 Å². The molecule has 126 valence electrons. The van der Waals surface area contributed by atoms with Crippen LogP contribution in [0.3, 0.4) is 0 Å². The van der Waals surface area contributed by atoms with Crippen molar-refractivity contribution in [3.63, 3.8) is 0 Å². The number of hydrogen-bond donors (Lipinski definition) is 3. The molecule has 2 amide bonds. The molecule has 0 spiro atoms. The van der Waals surface area contributed by atoms with Crippen LogP contribution in [0.5, 0.6) is 0 Å². The van der Waals surface area contributed by atoms with E-state index in [1.165, 1.54) is 6.92 Å². The molecule has 1 aliphatic rings. The van der Waals surface area contributed by atoms with Gasteiger partial charge in [0.2, 0.25) is 11.8 Å². The summed E-state index contributed by atoms with van der Waals surface area (Å²) in [5.41, 5.74) is 5.27. The second kappa shape index (κ2) is 7.87. The van der Waals surface area contributed by atoms with Crippen molar-refractivity contribution in [3.05, 3.63) is 0 Å². The molecule has 2 atom stereocenters. The first-order valence-corrected chi connectivity index (χ1v) is 8.12. The number of amides is 2. The molecule has 22 heavy (non-hydrogen) atoms. The number of nitrogens with zero attached hydrogens (tertiary/aromatic N) is 1. The van der Waals surface area contributed by atoms with Gasteiger partial charge >= 0.3 is 0 Å². The predicted octanol–water partition coefficient (Wildman–Crippen LogP) is 0.404. The molecule has 1 fully saturated rings. The van der Waals surface area contributed by atoms with Crippen LogP contribution in [-0.2, 0) is 9.59 Å². The number of carbonyl (C=O) groups is 2.